The van der Waals surface area contributed by atoms with Crippen molar-refractivity contribution in [2.75, 3.05) is 39.6 Å². The van der Waals surface area contributed by atoms with Crippen molar-refractivity contribution in [2.45, 2.75) is 303 Å². The number of rotatable bonds is 70. The van der Waals surface area contributed by atoms with Crippen LogP contribution in [0.5, 0.6) is 0 Å². The first-order valence-corrected chi connectivity index (χ1v) is 41.1. The van der Waals surface area contributed by atoms with Gasteiger partial charge in [0.1, 0.15) is 19.3 Å². The van der Waals surface area contributed by atoms with Crippen LogP contribution < -0.4 is 0 Å². The summed E-state index contributed by atoms with van der Waals surface area (Å²) in [7, 11) is -9.99. The second-order valence-corrected chi connectivity index (χ2v) is 27.7. The van der Waals surface area contributed by atoms with E-state index in [0.29, 0.717) is 25.7 Å². The van der Waals surface area contributed by atoms with Crippen LogP contribution in [-0.4, -0.2) is 96.7 Å². The van der Waals surface area contributed by atoms with Gasteiger partial charge in [-0.2, -0.15) is 0 Å². The molecule has 0 rings (SSSR count). The quantitative estimate of drug-likeness (QED) is 0.0169. The van der Waals surface area contributed by atoms with E-state index < -0.39 is 97.5 Å². The van der Waals surface area contributed by atoms with Crippen molar-refractivity contribution in [2.24, 2.45) is 0 Å². The predicted molar refractivity (Wildman–Crippen MR) is 408 cm³/mol. The molecule has 100 heavy (non-hydrogen) atoms. The number of allylic oxidation sites excluding steroid dienone is 24. The van der Waals surface area contributed by atoms with Crippen molar-refractivity contribution in [1.29, 1.82) is 0 Å². The molecule has 19 heteroatoms. The van der Waals surface area contributed by atoms with E-state index in [9.17, 15) is 43.2 Å². The lowest BCUT2D eigenvalue weighted by atomic mass is 10.1. The van der Waals surface area contributed by atoms with Crippen LogP contribution in [-0.2, 0) is 65.4 Å². The number of hydrogen-bond acceptors (Lipinski definition) is 15. The van der Waals surface area contributed by atoms with E-state index in [1.54, 1.807) is 0 Å². The zero-order chi connectivity index (χ0) is 73.2. The van der Waals surface area contributed by atoms with Crippen molar-refractivity contribution >= 4 is 39.5 Å². The Labute approximate surface area is 605 Å². The Balaban J connectivity index is 5.43. The van der Waals surface area contributed by atoms with Gasteiger partial charge < -0.3 is 33.8 Å². The van der Waals surface area contributed by atoms with Crippen LogP contribution in [0.4, 0.5) is 0 Å². The highest BCUT2D eigenvalue weighted by Crippen LogP contribution is 2.45. The standard InChI is InChI=1S/C81H134O17P2/c1-5-9-13-17-21-25-29-33-36-37-40-43-46-50-54-58-62-66-79(84)92-71-76(97-80(85)67-63-59-55-51-47-41-32-28-24-20-16-12-8-4)73-95-99(87,88)93-69-75(82)70-94-100(89,90)96-74-77(98-81(86)68-64-60-56-52-48-44-39-35-31-27-23-19-15-11-7-3)72-91-78(83)65-61-57-53-49-45-42-38-34-30-26-22-18-14-10-6-2/h9-10,13-14,16,20-23,25-28,32-36,38-40,43,45,49,75-77,82H,5-8,11-12,15,17-19,24,29-31,37,41-42,44,46-48,50-74H2,1-4H3,(H,87,88)(H,89,90)/b13-9-,14-10-,20-16-,25-21-,26-22-,27-23-,32-28-,36-33-,38-34-,39-35-,43-40-,49-45-. The summed E-state index contributed by atoms with van der Waals surface area (Å²) < 4.78 is 68.4. The number of ether oxygens (including phenoxy) is 4. The molecule has 17 nitrogen and oxygen atoms in total. The summed E-state index contributed by atoms with van der Waals surface area (Å²) in [6.45, 7) is 4.43. The summed E-state index contributed by atoms with van der Waals surface area (Å²) in [6.07, 6.45) is 81.2. The summed E-state index contributed by atoms with van der Waals surface area (Å²) in [5.74, 6) is -2.29. The zero-order valence-electron chi connectivity index (χ0n) is 62.1. The number of unbranched alkanes of at least 4 members (excludes halogenated alkanes) is 20. The number of phosphoric ester groups is 2. The Morgan fingerprint density at radius 3 is 0.860 bits per heavy atom. The first-order chi connectivity index (χ1) is 48.7. The third kappa shape index (κ3) is 71.3. The van der Waals surface area contributed by atoms with Crippen LogP contribution in [0.2, 0.25) is 0 Å². The number of aliphatic hydroxyl groups is 1. The van der Waals surface area contributed by atoms with Gasteiger partial charge in [0.15, 0.2) is 12.2 Å². The molecule has 0 spiro atoms. The van der Waals surface area contributed by atoms with Crippen molar-refractivity contribution in [3.8, 4) is 0 Å². The van der Waals surface area contributed by atoms with Gasteiger partial charge in [-0.15, -0.1) is 0 Å². The van der Waals surface area contributed by atoms with Gasteiger partial charge in [0.25, 0.3) is 0 Å². The van der Waals surface area contributed by atoms with Gasteiger partial charge in [-0.3, -0.25) is 37.3 Å². The van der Waals surface area contributed by atoms with E-state index in [-0.39, 0.29) is 25.7 Å². The van der Waals surface area contributed by atoms with E-state index in [1.807, 2.05) is 0 Å². The average molecular weight is 1440 g/mol. The van der Waals surface area contributed by atoms with Crippen LogP contribution >= 0.6 is 15.6 Å². The lowest BCUT2D eigenvalue weighted by Crippen LogP contribution is -2.30. The molecule has 0 radical (unpaired) electrons. The molecule has 5 unspecified atom stereocenters. The Bertz CT molecular complexity index is 2470. The number of carbonyl (C=O) groups is 4. The van der Waals surface area contributed by atoms with E-state index >= 15 is 0 Å². The molecule has 0 aromatic carbocycles. The van der Waals surface area contributed by atoms with Crippen LogP contribution in [0.3, 0.4) is 0 Å². The molecule has 0 aromatic rings. The average Bonchev–Trinajstić information content (AvgIpc) is 0.965. The maximum Gasteiger partial charge on any atom is 0.472 e. The minimum atomic E-state index is -4.99. The molecule has 570 valence electrons. The maximum atomic E-state index is 13.1. The van der Waals surface area contributed by atoms with Crippen molar-refractivity contribution in [1.82, 2.24) is 0 Å². The molecule has 0 aliphatic carbocycles. The maximum absolute atomic E-state index is 13.1. The molecule has 0 fully saturated rings. The van der Waals surface area contributed by atoms with Crippen molar-refractivity contribution in [3.63, 3.8) is 0 Å². The highest BCUT2D eigenvalue weighted by molar-refractivity contribution is 7.47. The highest BCUT2D eigenvalue weighted by Gasteiger charge is 2.30. The van der Waals surface area contributed by atoms with E-state index in [0.717, 1.165) is 186 Å². The minimum Gasteiger partial charge on any atom is -0.462 e. The zero-order valence-corrected chi connectivity index (χ0v) is 63.9. The third-order valence-electron chi connectivity index (χ3n) is 15.2. The van der Waals surface area contributed by atoms with E-state index in [1.165, 1.54) is 19.3 Å². The first kappa shape index (κ1) is 94.9. The molecule has 3 N–H and O–H groups in total. The van der Waals surface area contributed by atoms with Crippen LogP contribution in [0, 0.1) is 0 Å². The highest BCUT2D eigenvalue weighted by atomic mass is 31.2. The second kappa shape index (κ2) is 72.3. The molecule has 5 atom stereocenters. The fraction of sp³-hybridized carbons (Fsp3) is 0.654. The fourth-order valence-electron chi connectivity index (χ4n) is 9.50. The topological polar surface area (TPSA) is 237 Å². The fourth-order valence-corrected chi connectivity index (χ4v) is 11.1. The SMILES string of the molecule is CC/C=C\C/C=C\C/C=C\C/C=C\CCCCCCC(=O)OCC(COP(=O)(O)OCC(O)COP(=O)(O)OCC(COC(=O)CCCC/C=C\C/C=C\C/C=C\C/C=C\CC)OC(=O)CCCCCCC/C=C\C/C=C\CCCCC)OC(=O)CCCCCCC/C=C\C/C=C\CCC. The van der Waals surface area contributed by atoms with Crippen LogP contribution in [0.15, 0.2) is 146 Å². The Kier molecular flexibility index (Phi) is 68.6. The number of hydrogen-bond donors (Lipinski definition) is 3. The number of esters is 4. The molecular weight excluding hydrogens is 1310 g/mol. The number of phosphoric acid groups is 2. The summed E-state index contributed by atoms with van der Waals surface area (Å²) in [6, 6.07) is 0. The summed E-state index contributed by atoms with van der Waals surface area (Å²) in [4.78, 5) is 72.9. The molecule has 0 aromatic heterocycles. The van der Waals surface area contributed by atoms with Gasteiger partial charge in [-0.25, -0.2) is 9.13 Å². The van der Waals surface area contributed by atoms with Gasteiger partial charge >= 0.3 is 39.5 Å². The second-order valence-electron chi connectivity index (χ2n) is 24.8. The Hall–Kier alpha value is -5.06. The summed E-state index contributed by atoms with van der Waals surface area (Å²) in [5.41, 5.74) is 0. The molecule has 0 aliphatic heterocycles. The number of carbonyl (C=O) groups excluding carboxylic acids is 4. The van der Waals surface area contributed by atoms with Gasteiger partial charge in [-0.05, 0) is 161 Å². The third-order valence-corrected chi connectivity index (χ3v) is 17.2. The normalized spacial score (nSPS) is 14.8. The summed E-state index contributed by atoms with van der Waals surface area (Å²) in [5, 5.41) is 10.6. The predicted octanol–water partition coefficient (Wildman–Crippen LogP) is 21.9. The molecular formula is C81H134O17P2. The molecule has 0 aliphatic rings. The monoisotopic (exact) mass is 1440 g/mol. The van der Waals surface area contributed by atoms with Crippen molar-refractivity contribution in [3.05, 3.63) is 146 Å². The molecule has 0 saturated heterocycles. The van der Waals surface area contributed by atoms with Crippen LogP contribution in [0.25, 0.3) is 0 Å². The molecule has 0 bridgehead atoms. The Morgan fingerprint density at radius 1 is 0.290 bits per heavy atom. The van der Waals surface area contributed by atoms with Gasteiger partial charge in [-0.1, -0.05) is 244 Å². The lowest BCUT2D eigenvalue weighted by molar-refractivity contribution is -0.161. The van der Waals surface area contributed by atoms with E-state index in [2.05, 4.69) is 174 Å². The lowest BCUT2D eigenvalue weighted by Gasteiger charge is -2.21. The number of aliphatic hydroxyl groups excluding tert-OH is 1. The molecule has 0 amide bonds. The van der Waals surface area contributed by atoms with Gasteiger partial charge in [0, 0.05) is 25.7 Å². The first-order valence-electron chi connectivity index (χ1n) is 38.1. The molecule has 0 saturated carbocycles. The smallest absolute Gasteiger partial charge is 0.462 e. The molecule has 0 heterocycles. The van der Waals surface area contributed by atoms with Crippen molar-refractivity contribution < 1.29 is 80.2 Å². The minimum absolute atomic E-state index is 0.0651. The van der Waals surface area contributed by atoms with Crippen LogP contribution in [0.1, 0.15) is 285 Å². The Morgan fingerprint density at radius 2 is 0.540 bits per heavy atom. The van der Waals surface area contributed by atoms with E-state index in [4.69, 9.17) is 37.0 Å². The largest absolute Gasteiger partial charge is 0.472 e. The summed E-state index contributed by atoms with van der Waals surface area (Å²) >= 11 is 0. The van der Waals surface area contributed by atoms with Gasteiger partial charge in [0.2, 0.25) is 0 Å². The van der Waals surface area contributed by atoms with Gasteiger partial charge in [0.05, 0.1) is 26.4 Å².